The lowest BCUT2D eigenvalue weighted by Gasteiger charge is -2.47. The van der Waals surface area contributed by atoms with Crippen molar-refractivity contribution in [2.24, 2.45) is 0 Å². The van der Waals surface area contributed by atoms with Crippen molar-refractivity contribution < 1.29 is 17.9 Å². The van der Waals surface area contributed by atoms with Gasteiger partial charge in [0.1, 0.15) is 5.25 Å². The molecule has 6 nitrogen and oxygen atoms in total. The van der Waals surface area contributed by atoms with Crippen LogP contribution in [-0.2, 0) is 19.4 Å². The third-order valence-corrected chi connectivity index (χ3v) is 5.88. The number of sulfone groups is 1. The molecule has 20 heavy (non-hydrogen) atoms. The molecule has 0 saturated carbocycles. The van der Waals surface area contributed by atoms with Crippen molar-refractivity contribution in [3.05, 3.63) is 0 Å². The third kappa shape index (κ3) is 3.15. The van der Waals surface area contributed by atoms with Gasteiger partial charge in [0.25, 0.3) is 0 Å². The highest BCUT2D eigenvalue weighted by Crippen LogP contribution is 2.24. The average molecular weight is 304 g/mol. The molecular weight excluding hydrogens is 280 g/mol. The Kier molecular flexibility index (Phi) is 4.71. The Morgan fingerprint density at radius 1 is 1.40 bits per heavy atom. The van der Waals surface area contributed by atoms with E-state index in [0.717, 1.165) is 32.3 Å². The minimum absolute atomic E-state index is 0.00756. The largest absolute Gasteiger partial charge is 0.373 e. The molecule has 0 aromatic heterocycles. The van der Waals surface area contributed by atoms with E-state index in [1.54, 1.807) is 4.90 Å². The van der Waals surface area contributed by atoms with Crippen LogP contribution in [0.5, 0.6) is 0 Å². The number of hydrogen-bond donors (Lipinski definition) is 0. The van der Waals surface area contributed by atoms with Gasteiger partial charge in [-0.2, -0.15) is 0 Å². The minimum Gasteiger partial charge on any atom is -0.373 e. The number of carbonyl (C=O) groups excluding carboxylic acids is 1. The van der Waals surface area contributed by atoms with E-state index in [4.69, 9.17) is 4.74 Å². The Morgan fingerprint density at radius 2 is 2.10 bits per heavy atom. The molecule has 0 aromatic rings. The van der Waals surface area contributed by atoms with Crippen molar-refractivity contribution in [2.75, 3.05) is 39.0 Å². The number of amides is 1. The van der Waals surface area contributed by atoms with E-state index in [-0.39, 0.29) is 18.1 Å². The zero-order valence-electron chi connectivity index (χ0n) is 12.4. The van der Waals surface area contributed by atoms with Crippen molar-refractivity contribution in [1.82, 2.24) is 9.80 Å². The zero-order valence-corrected chi connectivity index (χ0v) is 13.2. The topological polar surface area (TPSA) is 66.9 Å². The van der Waals surface area contributed by atoms with Crippen LogP contribution >= 0.6 is 0 Å². The number of rotatable bonds is 3. The van der Waals surface area contributed by atoms with Crippen LogP contribution < -0.4 is 0 Å². The molecule has 0 N–H and O–H groups in total. The van der Waals surface area contributed by atoms with Gasteiger partial charge in [0.2, 0.25) is 5.91 Å². The monoisotopic (exact) mass is 304 g/mol. The van der Waals surface area contributed by atoms with Gasteiger partial charge in [0, 0.05) is 25.9 Å². The van der Waals surface area contributed by atoms with Gasteiger partial charge in [-0.05, 0) is 19.9 Å². The fraction of sp³-hybridized carbons (Fsp3) is 0.923. The summed E-state index contributed by atoms with van der Waals surface area (Å²) in [6.07, 6.45) is 1.97. The first-order valence-electron chi connectivity index (χ1n) is 7.18. The molecule has 3 atom stereocenters. The SMILES string of the molecule is CCN1CC[C@@H]2[C@@H](C1)OCCN2C(=O)[C@@H](C)S(C)(=O)=O. The molecule has 0 aromatic carbocycles. The molecule has 1 amide bonds. The summed E-state index contributed by atoms with van der Waals surface area (Å²) in [5.74, 6) is -0.282. The fourth-order valence-corrected chi connectivity index (χ4v) is 3.44. The molecule has 2 rings (SSSR count). The van der Waals surface area contributed by atoms with Crippen LogP contribution in [0.15, 0.2) is 0 Å². The van der Waals surface area contributed by atoms with E-state index in [1.807, 2.05) is 0 Å². The lowest BCUT2D eigenvalue weighted by atomic mass is 9.98. The third-order valence-electron chi connectivity index (χ3n) is 4.39. The Hall–Kier alpha value is -0.660. The van der Waals surface area contributed by atoms with Crippen molar-refractivity contribution in [3.63, 3.8) is 0 Å². The van der Waals surface area contributed by atoms with E-state index in [0.29, 0.717) is 13.2 Å². The molecule has 2 heterocycles. The van der Waals surface area contributed by atoms with Crippen molar-refractivity contribution in [3.8, 4) is 0 Å². The van der Waals surface area contributed by atoms with Crippen molar-refractivity contribution in [1.29, 1.82) is 0 Å². The Balaban J connectivity index is 2.11. The molecule has 0 spiro atoms. The second-order valence-electron chi connectivity index (χ2n) is 5.66. The highest BCUT2D eigenvalue weighted by atomic mass is 32.2. The maximum atomic E-state index is 12.4. The van der Waals surface area contributed by atoms with Gasteiger partial charge < -0.3 is 14.5 Å². The van der Waals surface area contributed by atoms with Crippen LogP contribution in [0.1, 0.15) is 20.3 Å². The molecule has 0 radical (unpaired) electrons. The average Bonchev–Trinajstić information content (AvgIpc) is 2.43. The van der Waals surface area contributed by atoms with Gasteiger partial charge in [-0.3, -0.25) is 4.79 Å². The van der Waals surface area contributed by atoms with Gasteiger partial charge in [-0.25, -0.2) is 8.42 Å². The molecule has 0 aliphatic carbocycles. The van der Waals surface area contributed by atoms with Gasteiger partial charge in [-0.15, -0.1) is 0 Å². The predicted molar refractivity (Wildman–Crippen MR) is 76.3 cm³/mol. The summed E-state index contributed by atoms with van der Waals surface area (Å²) in [6.45, 7) is 7.28. The van der Waals surface area contributed by atoms with E-state index in [1.165, 1.54) is 6.92 Å². The fourth-order valence-electron chi connectivity index (χ4n) is 2.93. The highest BCUT2D eigenvalue weighted by Gasteiger charge is 2.41. The molecular formula is C13H24N2O4S. The van der Waals surface area contributed by atoms with Crippen LogP contribution in [0.2, 0.25) is 0 Å². The van der Waals surface area contributed by atoms with Gasteiger partial charge in [-0.1, -0.05) is 6.92 Å². The van der Waals surface area contributed by atoms with Crippen molar-refractivity contribution >= 4 is 15.7 Å². The smallest absolute Gasteiger partial charge is 0.241 e. The first-order chi connectivity index (χ1) is 9.34. The van der Waals surface area contributed by atoms with E-state index in [2.05, 4.69) is 11.8 Å². The van der Waals surface area contributed by atoms with E-state index < -0.39 is 15.1 Å². The lowest BCUT2D eigenvalue weighted by molar-refractivity contribution is -0.151. The second kappa shape index (κ2) is 5.99. The Bertz CT molecular complexity index is 465. The summed E-state index contributed by atoms with van der Waals surface area (Å²) in [5, 5.41) is -0.967. The Morgan fingerprint density at radius 3 is 2.70 bits per heavy atom. The standard InChI is InChI=1S/C13H24N2O4S/c1-4-14-6-5-11-12(9-14)19-8-7-15(11)13(16)10(2)20(3,17)18/h10-12H,4-9H2,1-3H3/t10-,11-,12-/m1/s1. The summed E-state index contributed by atoms with van der Waals surface area (Å²) in [6, 6.07) is 0.0169. The second-order valence-corrected chi connectivity index (χ2v) is 8.03. The lowest BCUT2D eigenvalue weighted by Crippen LogP contribution is -2.62. The molecule has 0 bridgehead atoms. The normalized spacial score (nSPS) is 29.9. The molecule has 0 unspecified atom stereocenters. The van der Waals surface area contributed by atoms with Crippen LogP contribution in [0.3, 0.4) is 0 Å². The molecule has 2 aliphatic rings. The predicted octanol–water partition coefficient (Wildman–Crippen LogP) is -0.259. The first kappa shape index (κ1) is 15.7. The maximum absolute atomic E-state index is 12.4. The number of likely N-dealkylation sites (tertiary alicyclic amines) is 1. The van der Waals surface area contributed by atoms with Crippen LogP contribution in [0.4, 0.5) is 0 Å². The molecule has 2 fully saturated rings. The number of likely N-dealkylation sites (N-methyl/N-ethyl adjacent to an activating group) is 1. The quantitative estimate of drug-likeness (QED) is 0.719. The molecule has 7 heteroatoms. The highest BCUT2D eigenvalue weighted by molar-refractivity contribution is 7.92. The molecule has 116 valence electrons. The van der Waals surface area contributed by atoms with E-state index in [9.17, 15) is 13.2 Å². The number of morpholine rings is 1. The number of fused-ring (bicyclic) bond motifs is 1. The van der Waals surface area contributed by atoms with Crippen molar-refractivity contribution in [2.45, 2.75) is 37.7 Å². The van der Waals surface area contributed by atoms with Crippen LogP contribution in [0.25, 0.3) is 0 Å². The number of piperidine rings is 1. The summed E-state index contributed by atoms with van der Waals surface area (Å²) < 4.78 is 28.9. The van der Waals surface area contributed by atoms with Crippen LogP contribution in [0, 0.1) is 0 Å². The van der Waals surface area contributed by atoms with E-state index >= 15 is 0 Å². The number of carbonyl (C=O) groups is 1. The number of hydrogen-bond acceptors (Lipinski definition) is 5. The number of ether oxygens (including phenoxy) is 1. The summed E-state index contributed by atoms with van der Waals surface area (Å²) >= 11 is 0. The minimum atomic E-state index is -3.35. The first-order valence-corrected chi connectivity index (χ1v) is 9.13. The van der Waals surface area contributed by atoms with Gasteiger partial charge in [0.05, 0.1) is 18.8 Å². The molecule has 2 saturated heterocycles. The molecule has 2 aliphatic heterocycles. The number of nitrogens with zero attached hydrogens (tertiary/aromatic N) is 2. The van der Waals surface area contributed by atoms with Crippen LogP contribution in [-0.4, -0.2) is 80.6 Å². The maximum Gasteiger partial charge on any atom is 0.241 e. The van der Waals surface area contributed by atoms with Gasteiger partial charge in [0.15, 0.2) is 9.84 Å². The summed E-state index contributed by atoms with van der Waals surface area (Å²) in [7, 11) is -3.35. The van der Waals surface area contributed by atoms with Gasteiger partial charge >= 0.3 is 0 Å². The zero-order chi connectivity index (χ0) is 14.9. The summed E-state index contributed by atoms with van der Waals surface area (Å²) in [4.78, 5) is 16.5. The summed E-state index contributed by atoms with van der Waals surface area (Å²) in [5.41, 5.74) is 0. The Labute approximate surface area is 121 Å².